The van der Waals surface area contributed by atoms with Crippen molar-refractivity contribution in [1.82, 2.24) is 0 Å². The average molecular weight is 244 g/mol. The Morgan fingerprint density at radius 2 is 1.89 bits per heavy atom. The van der Waals surface area contributed by atoms with Gasteiger partial charge in [-0.05, 0) is 43.2 Å². The molecule has 18 heavy (non-hydrogen) atoms. The normalized spacial score (nSPS) is 27.5. The van der Waals surface area contributed by atoms with Crippen LogP contribution in [0.3, 0.4) is 0 Å². The quantitative estimate of drug-likeness (QED) is 0.812. The number of ether oxygens (including phenoxy) is 1. The van der Waals surface area contributed by atoms with E-state index < -0.39 is 0 Å². The summed E-state index contributed by atoms with van der Waals surface area (Å²) in [6.07, 6.45) is 3.63. The number of hydrogen-bond acceptors (Lipinski definition) is 3. The predicted molar refractivity (Wildman–Crippen MR) is 72.2 cm³/mol. The number of rotatable bonds is 2. The third kappa shape index (κ3) is 2.95. The van der Waals surface area contributed by atoms with Crippen LogP contribution in [0.4, 0.5) is 5.69 Å². The maximum absolute atomic E-state index is 8.90. The van der Waals surface area contributed by atoms with Crippen molar-refractivity contribution in [3.05, 3.63) is 23.8 Å². The van der Waals surface area contributed by atoms with E-state index >= 15 is 0 Å². The van der Waals surface area contributed by atoms with Gasteiger partial charge in [0.15, 0.2) is 0 Å². The topological polar surface area (TPSA) is 59.0 Å². The highest BCUT2D eigenvalue weighted by molar-refractivity contribution is 5.56. The number of hydrogen-bond donors (Lipinski definition) is 1. The Bertz CT molecular complexity index is 454. The molecule has 1 saturated carbocycles. The minimum Gasteiger partial charge on any atom is -0.488 e. The van der Waals surface area contributed by atoms with E-state index in [-0.39, 0.29) is 6.10 Å². The first-order valence-corrected chi connectivity index (χ1v) is 6.54. The molecular weight excluding hydrogens is 224 g/mol. The Hall–Kier alpha value is -1.69. The second-order valence-corrected chi connectivity index (χ2v) is 5.52. The molecule has 0 aromatic heterocycles. The van der Waals surface area contributed by atoms with Crippen molar-refractivity contribution in [1.29, 1.82) is 5.26 Å². The molecule has 1 aromatic carbocycles. The molecule has 1 aliphatic carbocycles. The van der Waals surface area contributed by atoms with E-state index in [0.29, 0.717) is 28.8 Å². The highest BCUT2D eigenvalue weighted by Crippen LogP contribution is 2.33. The third-order valence-corrected chi connectivity index (χ3v) is 3.57. The lowest BCUT2D eigenvalue weighted by molar-refractivity contribution is 0.102. The molecule has 0 heterocycles. The van der Waals surface area contributed by atoms with Gasteiger partial charge in [-0.25, -0.2) is 0 Å². The SMILES string of the molecule is CC1CC(C)CC(Oc2cc(C#N)ccc2N)C1. The van der Waals surface area contributed by atoms with Gasteiger partial charge >= 0.3 is 0 Å². The molecule has 1 aromatic rings. The second-order valence-electron chi connectivity index (χ2n) is 5.52. The van der Waals surface area contributed by atoms with Crippen molar-refractivity contribution in [2.24, 2.45) is 11.8 Å². The molecule has 2 unspecified atom stereocenters. The zero-order chi connectivity index (χ0) is 13.1. The zero-order valence-electron chi connectivity index (χ0n) is 11.0. The van der Waals surface area contributed by atoms with E-state index in [1.165, 1.54) is 6.42 Å². The summed E-state index contributed by atoms with van der Waals surface area (Å²) in [4.78, 5) is 0. The monoisotopic (exact) mass is 244 g/mol. The fourth-order valence-electron chi connectivity index (χ4n) is 2.85. The molecule has 0 spiro atoms. The Balaban J connectivity index is 2.11. The van der Waals surface area contributed by atoms with Gasteiger partial charge < -0.3 is 10.5 Å². The maximum Gasteiger partial charge on any atom is 0.143 e. The van der Waals surface area contributed by atoms with Crippen molar-refractivity contribution in [3.8, 4) is 11.8 Å². The molecule has 0 amide bonds. The highest BCUT2D eigenvalue weighted by atomic mass is 16.5. The van der Waals surface area contributed by atoms with Crippen molar-refractivity contribution in [3.63, 3.8) is 0 Å². The van der Waals surface area contributed by atoms with Crippen molar-refractivity contribution >= 4 is 5.69 Å². The lowest BCUT2D eigenvalue weighted by Gasteiger charge is -2.32. The lowest BCUT2D eigenvalue weighted by Crippen LogP contribution is -2.28. The largest absolute Gasteiger partial charge is 0.488 e. The van der Waals surface area contributed by atoms with Gasteiger partial charge in [-0.3, -0.25) is 0 Å². The number of nitrogens with two attached hydrogens (primary N) is 1. The van der Waals surface area contributed by atoms with Crippen LogP contribution in [0.2, 0.25) is 0 Å². The van der Waals surface area contributed by atoms with Gasteiger partial charge in [-0.1, -0.05) is 13.8 Å². The first-order chi connectivity index (χ1) is 8.58. The predicted octanol–water partition coefficient (Wildman–Crippen LogP) is 3.34. The Morgan fingerprint density at radius 3 is 2.50 bits per heavy atom. The van der Waals surface area contributed by atoms with Crippen LogP contribution in [0.25, 0.3) is 0 Å². The smallest absolute Gasteiger partial charge is 0.143 e. The molecule has 1 fully saturated rings. The van der Waals surface area contributed by atoms with Crippen LogP contribution in [0, 0.1) is 23.2 Å². The summed E-state index contributed by atoms with van der Waals surface area (Å²) in [5, 5.41) is 8.90. The highest BCUT2D eigenvalue weighted by Gasteiger charge is 2.25. The van der Waals surface area contributed by atoms with Crippen LogP contribution < -0.4 is 10.5 Å². The number of nitriles is 1. The molecule has 3 nitrogen and oxygen atoms in total. The summed E-state index contributed by atoms with van der Waals surface area (Å²) in [7, 11) is 0. The second kappa shape index (κ2) is 5.30. The van der Waals surface area contributed by atoms with E-state index in [0.717, 1.165) is 12.8 Å². The molecule has 0 saturated heterocycles. The number of nitrogens with zero attached hydrogens (tertiary/aromatic N) is 1. The van der Waals surface area contributed by atoms with Crippen LogP contribution in [-0.4, -0.2) is 6.10 Å². The van der Waals surface area contributed by atoms with Crippen LogP contribution in [0.5, 0.6) is 5.75 Å². The molecule has 0 bridgehead atoms. The Morgan fingerprint density at radius 1 is 1.22 bits per heavy atom. The van der Waals surface area contributed by atoms with Gasteiger partial charge in [0.2, 0.25) is 0 Å². The molecule has 0 aliphatic heterocycles. The van der Waals surface area contributed by atoms with Crippen LogP contribution >= 0.6 is 0 Å². The minimum absolute atomic E-state index is 0.222. The van der Waals surface area contributed by atoms with Gasteiger partial charge in [-0.2, -0.15) is 5.26 Å². The molecule has 1 aliphatic rings. The van der Waals surface area contributed by atoms with Gasteiger partial charge in [0.1, 0.15) is 5.75 Å². The van der Waals surface area contributed by atoms with Crippen LogP contribution in [0.1, 0.15) is 38.7 Å². The summed E-state index contributed by atoms with van der Waals surface area (Å²) in [6, 6.07) is 7.31. The van der Waals surface area contributed by atoms with Gasteiger partial charge in [-0.15, -0.1) is 0 Å². The minimum atomic E-state index is 0.222. The fraction of sp³-hybridized carbons (Fsp3) is 0.533. The Kier molecular flexibility index (Phi) is 3.76. The molecule has 3 heteroatoms. The molecule has 2 rings (SSSR count). The number of nitrogen functional groups attached to an aromatic ring is 1. The first kappa shape index (κ1) is 12.8. The number of benzene rings is 1. The fourth-order valence-corrected chi connectivity index (χ4v) is 2.85. The van der Waals surface area contributed by atoms with Crippen molar-refractivity contribution in [2.45, 2.75) is 39.2 Å². The average Bonchev–Trinajstić information content (AvgIpc) is 2.30. The van der Waals surface area contributed by atoms with Gasteiger partial charge in [0.05, 0.1) is 23.4 Å². The maximum atomic E-state index is 8.90. The third-order valence-electron chi connectivity index (χ3n) is 3.57. The van der Waals surface area contributed by atoms with Gasteiger partial charge in [0, 0.05) is 6.07 Å². The van der Waals surface area contributed by atoms with Crippen LogP contribution in [-0.2, 0) is 0 Å². The summed E-state index contributed by atoms with van der Waals surface area (Å²) in [5.41, 5.74) is 7.10. The standard InChI is InChI=1S/C15H20N2O/c1-10-5-11(2)7-13(6-10)18-15-8-12(9-16)3-4-14(15)17/h3-4,8,10-11,13H,5-7,17H2,1-2H3. The van der Waals surface area contributed by atoms with E-state index in [2.05, 4.69) is 19.9 Å². The summed E-state index contributed by atoms with van der Waals surface area (Å²) in [6.45, 7) is 4.53. The summed E-state index contributed by atoms with van der Waals surface area (Å²) in [5.74, 6) is 2.04. The molecule has 96 valence electrons. The summed E-state index contributed by atoms with van der Waals surface area (Å²) >= 11 is 0. The molecular formula is C15H20N2O. The van der Waals surface area contributed by atoms with E-state index in [9.17, 15) is 0 Å². The molecule has 2 N–H and O–H groups in total. The summed E-state index contributed by atoms with van der Waals surface area (Å²) < 4.78 is 5.99. The number of anilines is 1. The first-order valence-electron chi connectivity index (χ1n) is 6.54. The van der Waals surface area contributed by atoms with Crippen molar-refractivity contribution < 1.29 is 4.74 Å². The van der Waals surface area contributed by atoms with Crippen LogP contribution in [0.15, 0.2) is 18.2 Å². The van der Waals surface area contributed by atoms with Gasteiger partial charge in [0.25, 0.3) is 0 Å². The zero-order valence-corrected chi connectivity index (χ0v) is 11.0. The van der Waals surface area contributed by atoms with E-state index in [1.807, 2.05) is 0 Å². The molecule has 2 atom stereocenters. The Labute approximate surface area is 109 Å². The molecule has 0 radical (unpaired) electrons. The lowest BCUT2D eigenvalue weighted by atomic mass is 9.82. The van der Waals surface area contributed by atoms with E-state index in [1.54, 1.807) is 18.2 Å². The van der Waals surface area contributed by atoms with Crippen molar-refractivity contribution in [2.75, 3.05) is 5.73 Å². The van der Waals surface area contributed by atoms with E-state index in [4.69, 9.17) is 15.7 Å².